The van der Waals surface area contributed by atoms with Gasteiger partial charge in [0.1, 0.15) is 0 Å². The van der Waals surface area contributed by atoms with Gasteiger partial charge in [0.2, 0.25) is 5.91 Å². The maximum Gasteiger partial charge on any atom is 0.395 e. The number of carbonyl (C=O) groups is 1. The van der Waals surface area contributed by atoms with Crippen LogP contribution < -0.4 is 11.1 Å². The summed E-state index contributed by atoms with van der Waals surface area (Å²) in [6, 6.07) is 6.85. The van der Waals surface area contributed by atoms with E-state index in [1.807, 2.05) is 19.1 Å². The van der Waals surface area contributed by atoms with E-state index in [9.17, 15) is 18.0 Å². The Morgan fingerprint density at radius 3 is 2.75 bits per heavy atom. The van der Waals surface area contributed by atoms with Crippen molar-refractivity contribution in [3.05, 3.63) is 59.5 Å². The molecule has 0 spiro atoms. The third-order valence-corrected chi connectivity index (χ3v) is 6.36. The zero-order valence-electron chi connectivity index (χ0n) is 17.7. The molecule has 0 bridgehead atoms. The van der Waals surface area contributed by atoms with Crippen LogP contribution in [0, 0.1) is 12.3 Å². The molecule has 4 N–H and O–H groups in total. The number of alkyl halides is 3. The van der Waals surface area contributed by atoms with E-state index in [1.165, 1.54) is 12.4 Å². The number of amides is 1. The first-order chi connectivity index (χ1) is 15.2. The lowest BCUT2D eigenvalue weighted by Gasteiger charge is -2.29. The molecule has 1 amide bonds. The number of fused-ring (bicyclic) bond motifs is 1. The molecule has 1 fully saturated rings. The monoisotopic (exact) mass is 445 g/mol. The van der Waals surface area contributed by atoms with Crippen LogP contribution in [0.1, 0.15) is 41.9 Å². The van der Waals surface area contributed by atoms with Gasteiger partial charge >= 0.3 is 6.18 Å². The first kappa shape index (κ1) is 22.3. The normalized spacial score (nSPS) is 17.2. The number of rotatable bonds is 8. The molecule has 32 heavy (non-hydrogen) atoms. The van der Waals surface area contributed by atoms with Gasteiger partial charge in [-0.05, 0) is 55.0 Å². The van der Waals surface area contributed by atoms with Gasteiger partial charge in [-0.1, -0.05) is 12.1 Å². The maximum atomic E-state index is 13.8. The van der Waals surface area contributed by atoms with Gasteiger partial charge in [0.15, 0.2) is 0 Å². The van der Waals surface area contributed by atoms with Crippen LogP contribution >= 0.6 is 0 Å². The Labute approximate surface area is 183 Å². The third kappa shape index (κ3) is 4.48. The second-order valence-corrected chi connectivity index (χ2v) is 8.71. The number of nitrogens with zero attached hydrogens (tertiary/aromatic N) is 2. The van der Waals surface area contributed by atoms with Crippen molar-refractivity contribution in [1.82, 2.24) is 20.5 Å². The minimum absolute atomic E-state index is 0.0265. The fraction of sp³-hybridized carbons (Fsp3) is 0.435. The van der Waals surface area contributed by atoms with Crippen molar-refractivity contribution < 1.29 is 18.0 Å². The molecule has 2 atom stereocenters. The van der Waals surface area contributed by atoms with Crippen LogP contribution in [0.2, 0.25) is 0 Å². The van der Waals surface area contributed by atoms with E-state index in [1.54, 1.807) is 18.3 Å². The van der Waals surface area contributed by atoms with Gasteiger partial charge in [-0.15, -0.1) is 0 Å². The van der Waals surface area contributed by atoms with Crippen molar-refractivity contribution in [3.63, 3.8) is 0 Å². The van der Waals surface area contributed by atoms with Crippen molar-refractivity contribution in [2.24, 2.45) is 11.1 Å². The van der Waals surface area contributed by atoms with Crippen molar-refractivity contribution in [3.8, 4) is 0 Å². The number of hydrogen-bond donors (Lipinski definition) is 3. The van der Waals surface area contributed by atoms with E-state index in [0.717, 1.165) is 22.0 Å². The first-order valence-electron chi connectivity index (χ1n) is 10.6. The number of nitrogens with two attached hydrogens (primary N) is 1. The van der Waals surface area contributed by atoms with Crippen molar-refractivity contribution in [1.29, 1.82) is 0 Å². The van der Waals surface area contributed by atoms with Crippen LogP contribution in [0.3, 0.4) is 0 Å². The molecule has 3 aromatic rings. The van der Waals surface area contributed by atoms with Crippen LogP contribution in [0.15, 0.2) is 42.9 Å². The number of carbonyl (C=O) groups excluding carboxylic acids is 1. The SMILES string of the molecule is Cc1cc(C[C@H](N)CNC(=O)C[C@H](c2cccnc2)C2(C(F)(F)F)CC2)cc2cn[nH]c12. The Bertz CT molecular complexity index is 1090. The molecule has 0 unspecified atom stereocenters. The van der Waals surface area contributed by atoms with E-state index < -0.39 is 23.4 Å². The quantitative estimate of drug-likeness (QED) is 0.492. The molecule has 9 heteroatoms. The summed E-state index contributed by atoms with van der Waals surface area (Å²) in [4.78, 5) is 16.6. The largest absolute Gasteiger partial charge is 0.395 e. The molecule has 1 aromatic carbocycles. The van der Waals surface area contributed by atoms with Gasteiger partial charge in [0.05, 0.1) is 17.1 Å². The maximum absolute atomic E-state index is 13.8. The molecule has 0 radical (unpaired) electrons. The first-order valence-corrected chi connectivity index (χ1v) is 10.6. The smallest absolute Gasteiger partial charge is 0.355 e. The number of benzene rings is 1. The zero-order chi connectivity index (χ0) is 22.9. The van der Waals surface area contributed by atoms with Crippen LogP contribution in [0.5, 0.6) is 0 Å². The number of pyridine rings is 1. The number of hydrogen-bond acceptors (Lipinski definition) is 4. The molecular formula is C23H26F3N5O. The van der Waals surface area contributed by atoms with E-state index in [4.69, 9.17) is 5.73 Å². The highest BCUT2D eigenvalue weighted by atomic mass is 19.4. The van der Waals surface area contributed by atoms with Gasteiger partial charge in [-0.25, -0.2) is 0 Å². The zero-order valence-corrected chi connectivity index (χ0v) is 17.7. The molecule has 170 valence electrons. The molecule has 6 nitrogen and oxygen atoms in total. The minimum atomic E-state index is -4.37. The summed E-state index contributed by atoms with van der Waals surface area (Å²) in [6.07, 6.45) is 0.634. The van der Waals surface area contributed by atoms with Crippen molar-refractivity contribution in [2.45, 2.75) is 50.7 Å². The van der Waals surface area contributed by atoms with Crippen molar-refractivity contribution >= 4 is 16.8 Å². The predicted molar refractivity (Wildman–Crippen MR) is 115 cm³/mol. The van der Waals surface area contributed by atoms with E-state index >= 15 is 0 Å². The Balaban J connectivity index is 1.39. The average Bonchev–Trinajstić information content (AvgIpc) is 3.43. The Hall–Kier alpha value is -2.94. The third-order valence-electron chi connectivity index (χ3n) is 6.36. The summed E-state index contributed by atoms with van der Waals surface area (Å²) < 4.78 is 41.3. The molecule has 1 aliphatic carbocycles. The summed E-state index contributed by atoms with van der Waals surface area (Å²) in [5.74, 6) is -1.40. The molecule has 0 aliphatic heterocycles. The Kier molecular flexibility index (Phi) is 5.94. The highest BCUT2D eigenvalue weighted by Crippen LogP contribution is 2.66. The number of halogens is 3. The lowest BCUT2D eigenvalue weighted by atomic mass is 9.80. The second kappa shape index (κ2) is 8.54. The number of aromatic nitrogens is 3. The highest BCUT2D eigenvalue weighted by molar-refractivity contribution is 5.82. The standard InChI is InChI=1S/C23H26F3N5O/c1-14-7-15(8-17-12-30-31-21(14)17)9-18(27)13-29-20(32)10-19(16-3-2-6-28-11-16)22(4-5-22)23(24,25)26/h2-3,6-8,11-12,18-19H,4-5,9-10,13,27H2,1H3,(H,29,32)(H,30,31)/t18-,19+/m0/s1. The summed E-state index contributed by atoms with van der Waals surface area (Å²) >= 11 is 0. The summed E-state index contributed by atoms with van der Waals surface area (Å²) in [7, 11) is 0. The van der Waals surface area contributed by atoms with E-state index in [2.05, 4.69) is 20.5 Å². The van der Waals surface area contributed by atoms with Gasteiger partial charge in [-0.2, -0.15) is 18.3 Å². The summed E-state index contributed by atoms with van der Waals surface area (Å²) in [6.45, 7) is 2.16. The molecule has 0 saturated heterocycles. The Morgan fingerprint density at radius 1 is 1.31 bits per heavy atom. The summed E-state index contributed by atoms with van der Waals surface area (Å²) in [5, 5.41) is 10.7. The van der Waals surface area contributed by atoms with E-state index in [-0.39, 0.29) is 31.8 Å². The highest BCUT2D eigenvalue weighted by Gasteiger charge is 2.67. The molecule has 1 aliphatic rings. The topological polar surface area (TPSA) is 96.7 Å². The van der Waals surface area contributed by atoms with Crippen LogP contribution in [-0.2, 0) is 11.2 Å². The average molecular weight is 445 g/mol. The number of H-pyrrole nitrogens is 1. The molecule has 2 heterocycles. The molecule has 2 aromatic heterocycles. The lowest BCUT2D eigenvalue weighted by Crippen LogP contribution is -2.40. The fourth-order valence-electron chi connectivity index (χ4n) is 4.49. The fourth-order valence-corrected chi connectivity index (χ4v) is 4.49. The Morgan fingerprint density at radius 2 is 2.09 bits per heavy atom. The van der Waals surface area contributed by atoms with Crippen LogP contribution in [0.25, 0.3) is 10.9 Å². The molecular weight excluding hydrogens is 419 g/mol. The van der Waals surface area contributed by atoms with Gasteiger partial charge < -0.3 is 11.1 Å². The predicted octanol–water partition coefficient (Wildman–Crippen LogP) is 3.77. The molecule has 4 rings (SSSR count). The minimum Gasteiger partial charge on any atom is -0.355 e. The number of aryl methyl sites for hydroxylation is 1. The molecule has 1 saturated carbocycles. The van der Waals surface area contributed by atoms with E-state index in [0.29, 0.717) is 12.0 Å². The van der Waals surface area contributed by atoms with Gasteiger partial charge in [0, 0.05) is 42.7 Å². The van der Waals surface area contributed by atoms with Crippen molar-refractivity contribution in [2.75, 3.05) is 6.54 Å². The van der Waals surface area contributed by atoms with Crippen LogP contribution in [0.4, 0.5) is 13.2 Å². The number of nitrogens with one attached hydrogen (secondary N) is 2. The number of aromatic amines is 1. The van der Waals surface area contributed by atoms with Crippen LogP contribution in [-0.4, -0.2) is 39.9 Å². The van der Waals surface area contributed by atoms with Gasteiger partial charge in [0.25, 0.3) is 0 Å². The lowest BCUT2D eigenvalue weighted by molar-refractivity contribution is -0.194. The second-order valence-electron chi connectivity index (χ2n) is 8.71. The van der Waals surface area contributed by atoms with Gasteiger partial charge in [-0.3, -0.25) is 14.9 Å². The summed E-state index contributed by atoms with van der Waals surface area (Å²) in [5.41, 5.74) is 7.82.